The van der Waals surface area contributed by atoms with E-state index in [0.717, 1.165) is 6.07 Å². The van der Waals surface area contributed by atoms with E-state index in [9.17, 15) is 14.3 Å². The highest BCUT2D eigenvalue weighted by molar-refractivity contribution is 5.85. The Morgan fingerprint density at radius 3 is 2.45 bits per heavy atom. The number of phenols is 1. The molecule has 0 aliphatic rings. The van der Waals surface area contributed by atoms with Gasteiger partial charge in [-0.1, -0.05) is 0 Å². The standard InChI is InChI=1S/C15H13FO4/c1-19-14-6-9(5-10(8-17)15(14)20-2)12-4-3-11(18)7-13(12)16/h3-8,18H,1-2H3. The maximum Gasteiger partial charge on any atom is 0.171 e. The molecule has 0 spiro atoms. The van der Waals surface area contributed by atoms with Gasteiger partial charge in [-0.2, -0.15) is 0 Å². The van der Waals surface area contributed by atoms with E-state index in [1.165, 1.54) is 32.4 Å². The maximum absolute atomic E-state index is 13.9. The Balaban J connectivity index is 2.65. The highest BCUT2D eigenvalue weighted by Crippen LogP contribution is 2.36. The second kappa shape index (κ2) is 5.61. The summed E-state index contributed by atoms with van der Waals surface area (Å²) in [5.74, 6) is -0.124. The molecule has 2 aromatic carbocycles. The van der Waals surface area contributed by atoms with Gasteiger partial charge in [0.2, 0.25) is 0 Å². The molecule has 104 valence electrons. The molecule has 4 nitrogen and oxygen atoms in total. The minimum atomic E-state index is -0.589. The van der Waals surface area contributed by atoms with Gasteiger partial charge in [0.15, 0.2) is 17.8 Å². The van der Waals surface area contributed by atoms with Gasteiger partial charge in [-0.15, -0.1) is 0 Å². The number of ether oxygens (including phenoxy) is 2. The fraction of sp³-hybridized carbons (Fsp3) is 0.133. The predicted octanol–water partition coefficient (Wildman–Crippen LogP) is 3.03. The molecule has 2 rings (SSSR count). The van der Waals surface area contributed by atoms with Crippen molar-refractivity contribution in [3.05, 3.63) is 41.7 Å². The van der Waals surface area contributed by atoms with Crippen molar-refractivity contribution in [1.82, 2.24) is 0 Å². The van der Waals surface area contributed by atoms with Gasteiger partial charge in [-0.05, 0) is 29.8 Å². The molecular weight excluding hydrogens is 263 g/mol. The van der Waals surface area contributed by atoms with Gasteiger partial charge in [-0.3, -0.25) is 4.79 Å². The van der Waals surface area contributed by atoms with Crippen LogP contribution in [0.1, 0.15) is 10.4 Å². The fourth-order valence-electron chi connectivity index (χ4n) is 1.98. The number of aldehydes is 1. The van der Waals surface area contributed by atoms with Crippen molar-refractivity contribution in [3.8, 4) is 28.4 Å². The average molecular weight is 276 g/mol. The van der Waals surface area contributed by atoms with Crippen molar-refractivity contribution in [2.24, 2.45) is 0 Å². The molecule has 5 heteroatoms. The van der Waals surface area contributed by atoms with E-state index in [0.29, 0.717) is 23.3 Å². The zero-order valence-corrected chi connectivity index (χ0v) is 11.0. The summed E-state index contributed by atoms with van der Waals surface area (Å²) in [5, 5.41) is 9.23. The third-order valence-electron chi connectivity index (χ3n) is 2.90. The van der Waals surface area contributed by atoms with Crippen LogP contribution < -0.4 is 9.47 Å². The summed E-state index contributed by atoms with van der Waals surface area (Å²) in [6.45, 7) is 0. The molecule has 0 aromatic heterocycles. The summed E-state index contributed by atoms with van der Waals surface area (Å²) >= 11 is 0. The maximum atomic E-state index is 13.9. The van der Waals surface area contributed by atoms with Crippen LogP contribution in [0.2, 0.25) is 0 Å². The number of aromatic hydroxyl groups is 1. The number of carbonyl (C=O) groups is 1. The molecule has 0 amide bonds. The molecule has 0 heterocycles. The first-order valence-corrected chi connectivity index (χ1v) is 5.80. The quantitative estimate of drug-likeness (QED) is 0.872. The SMILES string of the molecule is COc1cc(-c2ccc(O)cc2F)cc(C=O)c1OC. The Kier molecular flexibility index (Phi) is 3.89. The van der Waals surface area contributed by atoms with Crippen molar-refractivity contribution in [3.63, 3.8) is 0 Å². The molecule has 0 atom stereocenters. The molecule has 2 aromatic rings. The van der Waals surface area contributed by atoms with E-state index in [-0.39, 0.29) is 16.9 Å². The van der Waals surface area contributed by atoms with Gasteiger partial charge in [0, 0.05) is 11.6 Å². The normalized spacial score (nSPS) is 10.2. The van der Waals surface area contributed by atoms with Crippen molar-refractivity contribution in [2.45, 2.75) is 0 Å². The van der Waals surface area contributed by atoms with Crippen LogP contribution in [-0.2, 0) is 0 Å². The lowest BCUT2D eigenvalue weighted by atomic mass is 10.0. The Morgan fingerprint density at radius 2 is 1.90 bits per heavy atom. The third-order valence-corrected chi connectivity index (χ3v) is 2.90. The second-order valence-electron chi connectivity index (χ2n) is 4.08. The molecule has 1 N–H and O–H groups in total. The van der Waals surface area contributed by atoms with Crippen molar-refractivity contribution in [2.75, 3.05) is 14.2 Å². The number of methoxy groups -OCH3 is 2. The second-order valence-corrected chi connectivity index (χ2v) is 4.08. The van der Waals surface area contributed by atoms with Gasteiger partial charge in [-0.25, -0.2) is 4.39 Å². The minimum Gasteiger partial charge on any atom is -0.508 e. The summed E-state index contributed by atoms with van der Waals surface area (Å²) in [6, 6.07) is 6.88. The Hall–Kier alpha value is -2.56. The molecule has 0 aliphatic carbocycles. The molecule has 0 fully saturated rings. The fourth-order valence-corrected chi connectivity index (χ4v) is 1.98. The van der Waals surface area contributed by atoms with Crippen LogP contribution in [-0.4, -0.2) is 25.6 Å². The molecular formula is C15H13FO4. The van der Waals surface area contributed by atoms with Gasteiger partial charge in [0.05, 0.1) is 19.8 Å². The van der Waals surface area contributed by atoms with Crippen LogP contribution in [0, 0.1) is 5.82 Å². The number of halogens is 1. The number of phenolic OH excluding ortho intramolecular Hbond substituents is 1. The van der Waals surface area contributed by atoms with Crippen LogP contribution in [0.15, 0.2) is 30.3 Å². The lowest BCUT2D eigenvalue weighted by Crippen LogP contribution is -1.97. The molecule has 20 heavy (non-hydrogen) atoms. The van der Waals surface area contributed by atoms with Gasteiger partial charge in [0.25, 0.3) is 0 Å². The predicted molar refractivity (Wildman–Crippen MR) is 72.0 cm³/mol. The number of rotatable bonds is 4. The van der Waals surface area contributed by atoms with Crippen LogP contribution in [0.25, 0.3) is 11.1 Å². The molecule has 0 unspecified atom stereocenters. The summed E-state index contributed by atoms with van der Waals surface area (Å²) in [6.07, 6.45) is 0.614. The zero-order chi connectivity index (χ0) is 14.7. The van der Waals surface area contributed by atoms with Crippen LogP contribution in [0.5, 0.6) is 17.2 Å². The summed E-state index contributed by atoms with van der Waals surface area (Å²) in [7, 11) is 2.86. The van der Waals surface area contributed by atoms with Crippen molar-refractivity contribution in [1.29, 1.82) is 0 Å². The molecule has 0 saturated carbocycles. The van der Waals surface area contributed by atoms with Crippen LogP contribution in [0.3, 0.4) is 0 Å². The number of benzene rings is 2. The number of hydrogen-bond donors (Lipinski definition) is 1. The topological polar surface area (TPSA) is 55.8 Å². The first-order valence-electron chi connectivity index (χ1n) is 5.80. The van der Waals surface area contributed by atoms with Crippen molar-refractivity contribution >= 4 is 6.29 Å². The third kappa shape index (κ3) is 2.42. The van der Waals surface area contributed by atoms with E-state index < -0.39 is 5.82 Å². The van der Waals surface area contributed by atoms with Crippen molar-refractivity contribution < 1.29 is 23.8 Å². The van der Waals surface area contributed by atoms with Gasteiger partial charge >= 0.3 is 0 Å². The summed E-state index contributed by atoms with van der Waals surface area (Å²) in [5.41, 5.74) is 0.975. The smallest absolute Gasteiger partial charge is 0.171 e. The number of hydrogen-bond acceptors (Lipinski definition) is 4. The Bertz CT molecular complexity index is 653. The zero-order valence-electron chi connectivity index (χ0n) is 11.0. The van der Waals surface area contributed by atoms with E-state index in [1.807, 2.05) is 0 Å². The first-order chi connectivity index (χ1) is 9.60. The Labute approximate surface area is 115 Å². The molecule has 0 saturated heterocycles. The monoisotopic (exact) mass is 276 g/mol. The highest BCUT2D eigenvalue weighted by Gasteiger charge is 2.15. The summed E-state index contributed by atoms with van der Waals surface area (Å²) < 4.78 is 24.1. The van der Waals surface area contributed by atoms with Crippen LogP contribution >= 0.6 is 0 Å². The first kappa shape index (κ1) is 13.9. The van der Waals surface area contributed by atoms with E-state index in [4.69, 9.17) is 9.47 Å². The van der Waals surface area contributed by atoms with E-state index in [1.54, 1.807) is 6.07 Å². The lowest BCUT2D eigenvalue weighted by molar-refractivity contribution is 0.112. The van der Waals surface area contributed by atoms with E-state index in [2.05, 4.69) is 0 Å². The van der Waals surface area contributed by atoms with Crippen LogP contribution in [0.4, 0.5) is 4.39 Å². The molecule has 0 bridgehead atoms. The number of carbonyl (C=O) groups excluding carboxylic acids is 1. The van der Waals surface area contributed by atoms with E-state index >= 15 is 0 Å². The largest absolute Gasteiger partial charge is 0.508 e. The van der Waals surface area contributed by atoms with Gasteiger partial charge in [0.1, 0.15) is 11.6 Å². The highest BCUT2D eigenvalue weighted by atomic mass is 19.1. The average Bonchev–Trinajstić information content (AvgIpc) is 2.45. The summed E-state index contributed by atoms with van der Waals surface area (Å²) in [4.78, 5) is 11.1. The Morgan fingerprint density at radius 1 is 1.15 bits per heavy atom. The molecule has 0 radical (unpaired) electrons. The minimum absolute atomic E-state index is 0.165. The molecule has 0 aliphatic heterocycles. The van der Waals surface area contributed by atoms with Gasteiger partial charge < -0.3 is 14.6 Å². The lowest BCUT2D eigenvalue weighted by Gasteiger charge is -2.13.